The third kappa shape index (κ3) is 4.00. The van der Waals surface area contributed by atoms with Crippen molar-refractivity contribution in [2.75, 3.05) is 13.2 Å². The zero-order chi connectivity index (χ0) is 18.4. The van der Waals surface area contributed by atoms with E-state index in [4.69, 9.17) is 4.74 Å². The maximum atomic E-state index is 12.6. The molecule has 2 atom stereocenters. The molecule has 1 aliphatic carbocycles. The monoisotopic (exact) mass is 346 g/mol. The van der Waals surface area contributed by atoms with Crippen LogP contribution in [0, 0.1) is 5.92 Å². The smallest absolute Gasteiger partial charge is 0.336 e. The molecule has 0 saturated carbocycles. The van der Waals surface area contributed by atoms with Gasteiger partial charge < -0.3 is 15.4 Å². The number of esters is 1. The average Bonchev–Trinajstić information content (AvgIpc) is 2.99. The fourth-order valence-electron chi connectivity index (χ4n) is 3.07. The highest BCUT2D eigenvalue weighted by Crippen LogP contribution is 2.37. The molecule has 1 aliphatic rings. The number of hydrogen-bond acceptors (Lipinski definition) is 4. The van der Waals surface area contributed by atoms with Gasteiger partial charge in [0.1, 0.15) is 0 Å². The lowest BCUT2D eigenvalue weighted by Crippen LogP contribution is -2.53. The molecule has 0 aromatic heterocycles. The fourth-order valence-corrected chi connectivity index (χ4v) is 3.07. The molecule has 2 amide bonds. The van der Waals surface area contributed by atoms with Crippen LogP contribution >= 0.6 is 0 Å². The molecule has 2 rings (SSSR count). The van der Waals surface area contributed by atoms with Crippen molar-refractivity contribution < 1.29 is 19.1 Å². The first-order valence-corrected chi connectivity index (χ1v) is 8.79. The topological polar surface area (TPSA) is 84.5 Å². The second kappa shape index (κ2) is 8.14. The van der Waals surface area contributed by atoms with Gasteiger partial charge in [0.25, 0.3) is 0 Å². The Hall–Kier alpha value is -2.37. The van der Waals surface area contributed by atoms with E-state index in [1.807, 2.05) is 31.2 Å². The van der Waals surface area contributed by atoms with Gasteiger partial charge in [-0.3, -0.25) is 9.59 Å². The van der Waals surface area contributed by atoms with Gasteiger partial charge in [-0.2, -0.15) is 0 Å². The second-order valence-corrected chi connectivity index (χ2v) is 6.36. The summed E-state index contributed by atoms with van der Waals surface area (Å²) in [5.41, 5.74) is 0.625. The minimum Gasteiger partial charge on any atom is -0.464 e. The van der Waals surface area contributed by atoms with Gasteiger partial charge in [0.05, 0.1) is 13.2 Å². The molecule has 0 aliphatic heterocycles. The Morgan fingerprint density at radius 2 is 1.96 bits per heavy atom. The summed E-state index contributed by atoms with van der Waals surface area (Å²) in [6, 6.07) is 7.55. The molecule has 136 valence electrons. The molecular weight excluding hydrogens is 320 g/mol. The average molecular weight is 346 g/mol. The first kappa shape index (κ1) is 19.0. The third-order valence-electron chi connectivity index (χ3n) is 4.71. The van der Waals surface area contributed by atoms with Crippen molar-refractivity contribution in [1.29, 1.82) is 0 Å². The van der Waals surface area contributed by atoms with Gasteiger partial charge in [0.15, 0.2) is 5.54 Å². The molecule has 0 bridgehead atoms. The van der Waals surface area contributed by atoms with Gasteiger partial charge in [0.2, 0.25) is 11.8 Å². The van der Waals surface area contributed by atoms with Crippen LogP contribution in [0.3, 0.4) is 0 Å². The minimum absolute atomic E-state index is 0.154. The molecule has 1 aromatic rings. The number of benzene rings is 1. The predicted octanol–water partition coefficient (Wildman–Crippen LogP) is 1.67. The van der Waals surface area contributed by atoms with Gasteiger partial charge in [-0.05, 0) is 37.3 Å². The number of ether oxygens (including phenoxy) is 1. The molecule has 0 spiro atoms. The highest BCUT2D eigenvalue weighted by molar-refractivity contribution is 5.92. The van der Waals surface area contributed by atoms with Crippen molar-refractivity contribution in [3.05, 3.63) is 35.4 Å². The van der Waals surface area contributed by atoms with Crippen LogP contribution in [-0.4, -0.2) is 30.9 Å². The van der Waals surface area contributed by atoms with E-state index >= 15 is 0 Å². The lowest BCUT2D eigenvalue weighted by molar-refractivity contribution is -0.153. The van der Waals surface area contributed by atoms with Crippen molar-refractivity contribution in [3.8, 4) is 0 Å². The largest absolute Gasteiger partial charge is 0.464 e. The van der Waals surface area contributed by atoms with Crippen LogP contribution in [0.1, 0.15) is 44.7 Å². The van der Waals surface area contributed by atoms with E-state index in [0.717, 1.165) is 11.1 Å². The predicted molar refractivity (Wildman–Crippen MR) is 93.7 cm³/mol. The molecule has 0 heterocycles. The number of amides is 2. The van der Waals surface area contributed by atoms with E-state index in [0.29, 0.717) is 19.3 Å². The molecule has 6 heteroatoms. The summed E-state index contributed by atoms with van der Waals surface area (Å²) < 4.78 is 5.23. The van der Waals surface area contributed by atoms with Crippen LogP contribution < -0.4 is 10.6 Å². The van der Waals surface area contributed by atoms with Crippen molar-refractivity contribution in [3.63, 3.8) is 0 Å². The van der Waals surface area contributed by atoms with Gasteiger partial charge >= 0.3 is 5.97 Å². The van der Waals surface area contributed by atoms with Crippen LogP contribution in [0.25, 0.3) is 0 Å². The number of nitrogens with one attached hydrogen (secondary N) is 2. The number of carbonyl (C=O) groups excluding carboxylic acids is 3. The van der Waals surface area contributed by atoms with E-state index in [1.165, 1.54) is 0 Å². The molecule has 6 nitrogen and oxygen atoms in total. The van der Waals surface area contributed by atoms with E-state index in [-0.39, 0.29) is 25.0 Å². The normalized spacial score (nSPS) is 19.6. The molecule has 25 heavy (non-hydrogen) atoms. The zero-order valence-electron chi connectivity index (χ0n) is 15.1. The van der Waals surface area contributed by atoms with Crippen LogP contribution in [-0.2, 0) is 31.1 Å². The highest BCUT2D eigenvalue weighted by atomic mass is 16.5. The summed E-state index contributed by atoms with van der Waals surface area (Å²) >= 11 is 0. The Kier molecular flexibility index (Phi) is 6.17. The molecule has 1 aromatic carbocycles. The van der Waals surface area contributed by atoms with E-state index in [2.05, 4.69) is 10.6 Å². The zero-order valence-corrected chi connectivity index (χ0v) is 15.1. The van der Waals surface area contributed by atoms with E-state index in [9.17, 15) is 14.4 Å². The SMILES string of the molecule is CCOC(=O)[C@]1(NC(=O)CNC(=O)[C@H](C)CC)CCc2ccccc21. The van der Waals surface area contributed by atoms with Crippen molar-refractivity contribution in [1.82, 2.24) is 10.6 Å². The highest BCUT2D eigenvalue weighted by Gasteiger charge is 2.47. The first-order valence-electron chi connectivity index (χ1n) is 8.79. The summed E-state index contributed by atoms with van der Waals surface area (Å²) in [4.78, 5) is 36.9. The first-order chi connectivity index (χ1) is 11.9. The van der Waals surface area contributed by atoms with E-state index in [1.54, 1.807) is 13.8 Å². The Morgan fingerprint density at radius 1 is 1.24 bits per heavy atom. The number of fused-ring (bicyclic) bond motifs is 1. The summed E-state index contributed by atoms with van der Waals surface area (Å²) in [7, 11) is 0. The quantitative estimate of drug-likeness (QED) is 0.736. The molecule has 2 N–H and O–H groups in total. The van der Waals surface area contributed by atoms with Gasteiger partial charge in [-0.1, -0.05) is 38.1 Å². The van der Waals surface area contributed by atoms with Crippen LogP contribution in [0.5, 0.6) is 0 Å². The number of rotatable bonds is 7. The molecule has 0 unspecified atom stereocenters. The third-order valence-corrected chi connectivity index (χ3v) is 4.71. The summed E-state index contributed by atoms with van der Waals surface area (Å²) in [5.74, 6) is -1.18. The Bertz CT molecular complexity index is 659. The number of carbonyl (C=O) groups is 3. The number of hydrogen-bond donors (Lipinski definition) is 2. The molecule has 0 radical (unpaired) electrons. The summed E-state index contributed by atoms with van der Waals surface area (Å²) in [6.07, 6.45) is 1.85. The lowest BCUT2D eigenvalue weighted by atomic mass is 9.91. The number of aryl methyl sites for hydroxylation is 1. The molecule has 0 fully saturated rings. The Balaban J connectivity index is 2.15. The Labute approximate surface area is 148 Å². The van der Waals surface area contributed by atoms with Gasteiger partial charge in [0, 0.05) is 5.92 Å². The molecule has 0 saturated heterocycles. The Morgan fingerprint density at radius 3 is 2.64 bits per heavy atom. The summed E-state index contributed by atoms with van der Waals surface area (Å²) in [5, 5.41) is 5.43. The maximum absolute atomic E-state index is 12.6. The van der Waals surface area contributed by atoms with Crippen molar-refractivity contribution in [2.45, 2.75) is 45.6 Å². The van der Waals surface area contributed by atoms with Crippen LogP contribution in [0.15, 0.2) is 24.3 Å². The lowest BCUT2D eigenvalue weighted by Gasteiger charge is -2.29. The van der Waals surface area contributed by atoms with Gasteiger partial charge in [-0.25, -0.2) is 4.79 Å². The maximum Gasteiger partial charge on any atom is 0.336 e. The van der Waals surface area contributed by atoms with Crippen LogP contribution in [0.4, 0.5) is 0 Å². The van der Waals surface area contributed by atoms with Gasteiger partial charge in [-0.15, -0.1) is 0 Å². The van der Waals surface area contributed by atoms with Crippen molar-refractivity contribution >= 4 is 17.8 Å². The standard InChI is InChI=1S/C19H26N2O4/c1-4-13(3)17(23)20-12-16(22)21-19(18(24)25-5-2)11-10-14-8-6-7-9-15(14)19/h6-9,13H,4-5,10-12H2,1-3H3,(H,20,23)(H,21,22)/t13-,19+/m1/s1. The van der Waals surface area contributed by atoms with Crippen molar-refractivity contribution in [2.24, 2.45) is 5.92 Å². The summed E-state index contributed by atoms with van der Waals surface area (Å²) in [6.45, 7) is 5.53. The second-order valence-electron chi connectivity index (χ2n) is 6.36. The minimum atomic E-state index is -1.18. The fraction of sp³-hybridized carbons (Fsp3) is 0.526. The molecular formula is C19H26N2O4. The van der Waals surface area contributed by atoms with E-state index < -0.39 is 17.4 Å². The van der Waals surface area contributed by atoms with Crippen LogP contribution in [0.2, 0.25) is 0 Å².